The van der Waals surface area contributed by atoms with Gasteiger partial charge in [-0.15, -0.1) is 0 Å². The van der Waals surface area contributed by atoms with Gasteiger partial charge in [0.2, 0.25) is 0 Å². The summed E-state index contributed by atoms with van der Waals surface area (Å²) in [6, 6.07) is 61.9. The second kappa shape index (κ2) is 14.4. The van der Waals surface area contributed by atoms with E-state index in [1.54, 1.807) is 0 Å². The molecule has 6 nitrogen and oxygen atoms in total. The minimum absolute atomic E-state index is 0.293. The van der Waals surface area contributed by atoms with Gasteiger partial charge in [0.05, 0.1) is 61.8 Å². The van der Waals surface area contributed by atoms with Crippen molar-refractivity contribution < 1.29 is 0 Å². The summed E-state index contributed by atoms with van der Waals surface area (Å²) < 4.78 is 6.62. The van der Waals surface area contributed by atoms with Crippen LogP contribution in [0.5, 0.6) is 0 Å². The van der Waals surface area contributed by atoms with Gasteiger partial charge in [0.1, 0.15) is 23.3 Å². The molecule has 0 saturated heterocycles. The molecule has 0 amide bonds. The number of nitrogens with zero attached hydrogens (tertiary/aromatic N) is 6. The Kier molecular flexibility index (Phi) is 8.59. The Labute approximate surface area is 364 Å². The fourth-order valence-corrected chi connectivity index (χ4v) is 9.92. The van der Waals surface area contributed by atoms with Crippen molar-refractivity contribution in [2.75, 3.05) is 0 Å². The normalized spacial score (nSPS) is 11.7. The van der Waals surface area contributed by atoms with Gasteiger partial charge in [-0.1, -0.05) is 125 Å². The van der Waals surface area contributed by atoms with E-state index in [0.717, 1.165) is 71.0 Å². The fraction of sp³-hybridized carbons (Fsp3) is 0.105. The lowest BCUT2D eigenvalue weighted by Gasteiger charge is -2.26. The molecule has 0 aliphatic rings. The van der Waals surface area contributed by atoms with Crippen molar-refractivity contribution in [3.8, 4) is 46.4 Å². The lowest BCUT2D eigenvalue weighted by Crippen LogP contribution is -2.14. The Morgan fingerprint density at radius 1 is 0.365 bits per heavy atom. The maximum absolute atomic E-state index is 12.0. The first-order chi connectivity index (χ1) is 30.8. The second-order valence-electron chi connectivity index (χ2n) is 17.0. The fourth-order valence-electron chi connectivity index (χ4n) is 9.92. The monoisotopic (exact) mass is 808 g/mol. The molecular formula is C57H40N6. The van der Waals surface area contributed by atoms with Crippen molar-refractivity contribution in [2.24, 2.45) is 0 Å². The van der Waals surface area contributed by atoms with E-state index in [1.165, 1.54) is 11.1 Å². The van der Waals surface area contributed by atoms with E-state index >= 15 is 0 Å². The lowest BCUT2D eigenvalue weighted by molar-refractivity contribution is 0.868. The highest BCUT2D eigenvalue weighted by atomic mass is 15.1. The molecule has 0 unspecified atom stereocenters. The smallest absolute Gasteiger partial charge is 0.104 e. The van der Waals surface area contributed by atoms with Gasteiger partial charge in [0.25, 0.3) is 0 Å². The van der Waals surface area contributed by atoms with Crippen molar-refractivity contribution in [2.45, 2.75) is 39.5 Å². The molecule has 0 saturated carbocycles. The van der Waals surface area contributed by atoms with E-state index in [9.17, 15) is 15.8 Å². The van der Waals surface area contributed by atoms with Crippen LogP contribution < -0.4 is 0 Å². The number of nitriles is 3. The Hall–Kier alpha value is -8.37. The predicted octanol–water partition coefficient (Wildman–Crippen LogP) is 14.5. The Bertz CT molecular complexity index is 3510. The third-order valence-corrected chi connectivity index (χ3v) is 12.9. The Morgan fingerprint density at radius 2 is 0.714 bits per heavy atom. The van der Waals surface area contributed by atoms with E-state index in [-0.39, 0.29) is 0 Å². The zero-order valence-corrected chi connectivity index (χ0v) is 35.3. The van der Waals surface area contributed by atoms with Gasteiger partial charge in [-0.05, 0) is 89.2 Å². The molecule has 0 aliphatic heterocycles. The second-order valence-corrected chi connectivity index (χ2v) is 17.0. The van der Waals surface area contributed by atoms with Crippen LogP contribution in [0, 0.1) is 34.0 Å². The van der Waals surface area contributed by atoms with Gasteiger partial charge in [0, 0.05) is 37.9 Å². The standard InChI is InChI=1S/C57H40N6/c1-34(2)38-25-27-52-44(29-38)45-30-39(35(3)4)26-28-53(45)61(52)55-46(32-59)56(62-48-17-9-5-13-40(48)41-14-6-10-18-49(41)62)54(37-23-21-36(31-58)22-24-37)57(47(55)33-60)63-50-19-11-7-15-42(50)43-16-8-12-20-51(43)63/h5-30,34-35H,1-4H3. The van der Waals surface area contributed by atoms with Crippen molar-refractivity contribution in [3.05, 3.63) is 186 Å². The minimum Gasteiger partial charge on any atom is -0.307 e. The molecular weight excluding hydrogens is 769 g/mol. The van der Waals surface area contributed by atoms with E-state index < -0.39 is 0 Å². The maximum Gasteiger partial charge on any atom is 0.104 e. The van der Waals surface area contributed by atoms with E-state index in [1.807, 2.05) is 48.5 Å². The molecule has 0 aliphatic carbocycles. The Morgan fingerprint density at radius 3 is 1.06 bits per heavy atom. The largest absolute Gasteiger partial charge is 0.307 e. The van der Waals surface area contributed by atoms with Crippen LogP contribution in [-0.2, 0) is 0 Å². The molecule has 11 aromatic rings. The summed E-state index contributed by atoms with van der Waals surface area (Å²) in [5.41, 5.74) is 12.5. The van der Waals surface area contributed by atoms with Crippen molar-refractivity contribution in [3.63, 3.8) is 0 Å². The van der Waals surface area contributed by atoms with Crippen molar-refractivity contribution in [1.82, 2.24) is 13.7 Å². The summed E-state index contributed by atoms with van der Waals surface area (Å²) in [5.74, 6) is 0.585. The van der Waals surface area contributed by atoms with Crippen LogP contribution in [0.3, 0.4) is 0 Å². The minimum atomic E-state index is 0.293. The van der Waals surface area contributed by atoms with E-state index in [0.29, 0.717) is 51.2 Å². The number of hydrogen-bond donors (Lipinski definition) is 0. The zero-order valence-electron chi connectivity index (χ0n) is 35.3. The van der Waals surface area contributed by atoms with Crippen molar-refractivity contribution >= 4 is 65.4 Å². The highest BCUT2D eigenvalue weighted by Gasteiger charge is 2.33. The molecule has 3 heterocycles. The van der Waals surface area contributed by atoms with Crippen LogP contribution in [0.25, 0.3) is 93.6 Å². The number of fused-ring (bicyclic) bond motifs is 9. The molecule has 0 N–H and O–H groups in total. The molecule has 0 spiro atoms. The first-order valence-electron chi connectivity index (χ1n) is 21.4. The summed E-state index contributed by atoms with van der Waals surface area (Å²) in [4.78, 5) is 0. The third kappa shape index (κ3) is 5.47. The molecule has 6 heteroatoms. The van der Waals surface area contributed by atoms with E-state index in [2.05, 4.69) is 169 Å². The Balaban J connectivity index is 1.46. The van der Waals surface area contributed by atoms with Gasteiger partial charge in [-0.25, -0.2) is 0 Å². The van der Waals surface area contributed by atoms with Gasteiger partial charge in [-0.3, -0.25) is 0 Å². The molecule has 8 aromatic carbocycles. The summed E-state index contributed by atoms with van der Waals surface area (Å²) in [6.07, 6.45) is 0. The maximum atomic E-state index is 12.0. The molecule has 0 radical (unpaired) electrons. The summed E-state index contributed by atoms with van der Waals surface area (Å²) in [5, 5.41) is 40.4. The van der Waals surface area contributed by atoms with E-state index in [4.69, 9.17) is 0 Å². The molecule has 298 valence electrons. The average Bonchev–Trinajstić information content (AvgIpc) is 3.95. The molecule has 0 atom stereocenters. The number of aromatic nitrogens is 3. The van der Waals surface area contributed by atoms with Gasteiger partial charge in [-0.2, -0.15) is 15.8 Å². The van der Waals surface area contributed by atoms with Gasteiger partial charge in [0.15, 0.2) is 0 Å². The molecule has 63 heavy (non-hydrogen) atoms. The summed E-state index contributed by atoms with van der Waals surface area (Å²) >= 11 is 0. The zero-order chi connectivity index (χ0) is 43.1. The third-order valence-electron chi connectivity index (χ3n) is 12.9. The number of para-hydroxylation sites is 4. The quantitative estimate of drug-likeness (QED) is 0.168. The van der Waals surface area contributed by atoms with Crippen molar-refractivity contribution in [1.29, 1.82) is 15.8 Å². The molecule has 0 fully saturated rings. The first kappa shape index (κ1) is 37.6. The van der Waals surface area contributed by atoms with Crippen LogP contribution in [0.15, 0.2) is 158 Å². The predicted molar refractivity (Wildman–Crippen MR) is 257 cm³/mol. The average molecular weight is 809 g/mol. The summed E-state index contributed by atoms with van der Waals surface area (Å²) in [6.45, 7) is 8.83. The summed E-state index contributed by atoms with van der Waals surface area (Å²) in [7, 11) is 0. The van der Waals surface area contributed by atoms with Crippen LogP contribution >= 0.6 is 0 Å². The number of rotatable bonds is 6. The lowest BCUT2D eigenvalue weighted by atomic mass is 9.91. The highest BCUT2D eigenvalue weighted by Crippen LogP contribution is 2.49. The molecule has 0 bridgehead atoms. The first-order valence-corrected chi connectivity index (χ1v) is 21.4. The number of benzene rings is 8. The van der Waals surface area contributed by atoms with Crippen LogP contribution in [0.4, 0.5) is 0 Å². The van der Waals surface area contributed by atoms with Crippen LogP contribution in [0.2, 0.25) is 0 Å². The SMILES string of the molecule is CC(C)c1ccc2c(c1)c1cc(C(C)C)ccc1n2-c1c(C#N)c(-n2c3ccccc3c3ccccc32)c(-c2ccc(C#N)cc2)c(-n2c3ccccc3c3ccccc32)c1C#N. The molecule has 3 aromatic heterocycles. The topological polar surface area (TPSA) is 86.2 Å². The van der Waals surface area contributed by atoms with Crippen LogP contribution in [0.1, 0.15) is 67.3 Å². The van der Waals surface area contributed by atoms with Crippen LogP contribution in [-0.4, -0.2) is 13.7 Å². The van der Waals surface area contributed by atoms with Gasteiger partial charge < -0.3 is 13.7 Å². The van der Waals surface area contributed by atoms with Gasteiger partial charge >= 0.3 is 0 Å². The highest BCUT2D eigenvalue weighted by molar-refractivity contribution is 6.15. The number of hydrogen-bond acceptors (Lipinski definition) is 3. The molecule has 11 rings (SSSR count).